The number of hydrogen-bond acceptors (Lipinski definition) is 1. The van der Waals surface area contributed by atoms with Gasteiger partial charge in [0.05, 0.1) is 0 Å². The van der Waals surface area contributed by atoms with E-state index in [0.29, 0.717) is 0 Å². The van der Waals surface area contributed by atoms with Gasteiger partial charge in [-0.25, -0.2) is 4.79 Å². The van der Waals surface area contributed by atoms with Crippen LogP contribution in [0.25, 0.3) is 0 Å². The van der Waals surface area contributed by atoms with E-state index >= 15 is 0 Å². The number of piperidine rings is 1. The van der Waals surface area contributed by atoms with Gasteiger partial charge in [-0.3, -0.25) is 0 Å². The monoisotopic (exact) mass is 147 g/mol. The second-order valence-electron chi connectivity index (χ2n) is 2.33. The lowest BCUT2D eigenvalue weighted by molar-refractivity contribution is 0.136. The Labute approximate surface area is 59.8 Å². The fraction of sp³-hybridized carbons (Fsp3) is 0.833. The van der Waals surface area contributed by atoms with Crippen molar-refractivity contribution in [2.45, 2.75) is 19.3 Å². The highest BCUT2D eigenvalue weighted by Gasteiger charge is 2.13. The van der Waals surface area contributed by atoms with Crippen molar-refractivity contribution in [2.75, 3.05) is 13.1 Å². The highest BCUT2D eigenvalue weighted by atomic mass is 16.4. The number of carbonyl (C=O) groups is 1. The van der Waals surface area contributed by atoms with Crippen LogP contribution in [-0.2, 0) is 0 Å². The van der Waals surface area contributed by atoms with Gasteiger partial charge in [0.1, 0.15) is 0 Å². The average molecular weight is 147 g/mol. The normalized spacial score (nSPS) is 17.8. The number of amides is 1. The second kappa shape index (κ2) is 4.11. The minimum Gasteiger partial charge on any atom is -0.465 e. The molecule has 0 radical (unpaired) electrons. The summed E-state index contributed by atoms with van der Waals surface area (Å²) in [7, 11) is 0. The topological polar surface area (TPSA) is 72.0 Å². The zero-order chi connectivity index (χ0) is 6.69. The van der Waals surface area contributed by atoms with Crippen LogP contribution in [0.3, 0.4) is 0 Å². The predicted molar refractivity (Wildman–Crippen MR) is 37.1 cm³/mol. The van der Waals surface area contributed by atoms with Gasteiger partial charge in [0.15, 0.2) is 0 Å². The second-order valence-corrected chi connectivity index (χ2v) is 2.33. The van der Waals surface area contributed by atoms with Gasteiger partial charge in [0.2, 0.25) is 0 Å². The maximum absolute atomic E-state index is 10.3. The van der Waals surface area contributed by atoms with Crippen molar-refractivity contribution in [3.8, 4) is 0 Å². The Morgan fingerprint density at radius 1 is 1.20 bits per heavy atom. The van der Waals surface area contributed by atoms with Gasteiger partial charge in [0, 0.05) is 13.1 Å². The minimum atomic E-state index is -0.769. The highest BCUT2D eigenvalue weighted by molar-refractivity contribution is 5.64. The molecule has 1 saturated heterocycles. The molecule has 1 aliphatic rings. The van der Waals surface area contributed by atoms with Crippen molar-refractivity contribution in [3.05, 3.63) is 0 Å². The van der Waals surface area contributed by atoms with Crippen LogP contribution in [0.4, 0.5) is 4.79 Å². The first-order valence-corrected chi connectivity index (χ1v) is 3.28. The zero-order valence-electron chi connectivity index (χ0n) is 5.84. The SMILES string of the molecule is O.O=C(O)N1CCCCC1. The standard InChI is InChI=1S/C6H11NO2.H2O/c8-6(9)7-4-2-1-3-5-7;/h1-5H2,(H,8,9);1H2. The van der Waals surface area contributed by atoms with Gasteiger partial charge in [-0.2, -0.15) is 0 Å². The molecule has 1 aliphatic heterocycles. The van der Waals surface area contributed by atoms with E-state index in [1.54, 1.807) is 0 Å². The molecule has 1 rings (SSSR count). The summed E-state index contributed by atoms with van der Waals surface area (Å²) in [4.78, 5) is 11.8. The van der Waals surface area contributed by atoms with Crippen LogP contribution >= 0.6 is 0 Å². The van der Waals surface area contributed by atoms with Crippen molar-refractivity contribution in [2.24, 2.45) is 0 Å². The van der Waals surface area contributed by atoms with E-state index in [2.05, 4.69) is 0 Å². The summed E-state index contributed by atoms with van der Waals surface area (Å²) in [6.45, 7) is 1.46. The molecule has 0 spiro atoms. The quantitative estimate of drug-likeness (QED) is 0.536. The molecule has 1 fully saturated rings. The molecule has 1 amide bonds. The van der Waals surface area contributed by atoms with E-state index in [9.17, 15) is 4.79 Å². The van der Waals surface area contributed by atoms with E-state index < -0.39 is 6.09 Å². The Bertz CT molecular complexity index is 110. The Balaban J connectivity index is 0.000000810. The lowest BCUT2D eigenvalue weighted by Crippen LogP contribution is -2.34. The number of nitrogens with zero attached hydrogens (tertiary/aromatic N) is 1. The van der Waals surface area contributed by atoms with Gasteiger partial charge < -0.3 is 15.5 Å². The Morgan fingerprint density at radius 2 is 1.70 bits per heavy atom. The molecule has 0 aromatic rings. The third-order valence-electron chi connectivity index (χ3n) is 1.63. The van der Waals surface area contributed by atoms with Gasteiger partial charge in [-0.15, -0.1) is 0 Å². The molecular weight excluding hydrogens is 134 g/mol. The molecule has 4 nitrogen and oxygen atoms in total. The molecule has 3 N–H and O–H groups in total. The molecule has 0 bridgehead atoms. The molecule has 0 aromatic heterocycles. The van der Waals surface area contributed by atoms with E-state index in [0.717, 1.165) is 25.9 Å². The molecule has 0 aliphatic carbocycles. The molecule has 10 heavy (non-hydrogen) atoms. The van der Waals surface area contributed by atoms with Crippen molar-refractivity contribution in [3.63, 3.8) is 0 Å². The number of hydrogen-bond donors (Lipinski definition) is 1. The average Bonchev–Trinajstić information content (AvgIpc) is 1.90. The van der Waals surface area contributed by atoms with Crippen molar-refractivity contribution >= 4 is 6.09 Å². The third-order valence-corrected chi connectivity index (χ3v) is 1.63. The molecule has 0 atom stereocenters. The molecule has 4 heteroatoms. The van der Waals surface area contributed by atoms with Gasteiger partial charge in [-0.1, -0.05) is 0 Å². The summed E-state index contributed by atoms with van der Waals surface area (Å²) in [5.41, 5.74) is 0. The fourth-order valence-electron chi connectivity index (χ4n) is 1.09. The highest BCUT2D eigenvalue weighted by Crippen LogP contribution is 2.07. The van der Waals surface area contributed by atoms with E-state index in [1.807, 2.05) is 0 Å². The van der Waals surface area contributed by atoms with E-state index in [-0.39, 0.29) is 5.48 Å². The van der Waals surface area contributed by atoms with Crippen LogP contribution in [0, 0.1) is 0 Å². The molecule has 0 saturated carbocycles. The molecular formula is C6H13NO3. The Hall–Kier alpha value is -0.770. The van der Waals surface area contributed by atoms with Gasteiger partial charge in [-0.05, 0) is 19.3 Å². The van der Waals surface area contributed by atoms with Crippen LogP contribution in [-0.4, -0.2) is 34.7 Å². The number of likely N-dealkylation sites (tertiary alicyclic amines) is 1. The van der Waals surface area contributed by atoms with Crippen molar-refractivity contribution < 1.29 is 15.4 Å². The zero-order valence-corrected chi connectivity index (χ0v) is 5.84. The number of rotatable bonds is 0. The first kappa shape index (κ1) is 9.23. The molecule has 60 valence electrons. The summed E-state index contributed by atoms with van der Waals surface area (Å²) in [6.07, 6.45) is 2.48. The van der Waals surface area contributed by atoms with Gasteiger partial charge >= 0.3 is 6.09 Å². The maximum atomic E-state index is 10.3. The van der Waals surface area contributed by atoms with Crippen LogP contribution in [0.15, 0.2) is 0 Å². The van der Waals surface area contributed by atoms with E-state index in [4.69, 9.17) is 5.11 Å². The first-order chi connectivity index (χ1) is 4.30. The first-order valence-electron chi connectivity index (χ1n) is 3.28. The lowest BCUT2D eigenvalue weighted by atomic mass is 10.1. The molecule has 0 aromatic carbocycles. The smallest absolute Gasteiger partial charge is 0.407 e. The predicted octanol–water partition coefficient (Wildman–Crippen LogP) is 0.326. The van der Waals surface area contributed by atoms with Crippen LogP contribution in [0.1, 0.15) is 19.3 Å². The van der Waals surface area contributed by atoms with Crippen molar-refractivity contribution in [1.82, 2.24) is 4.90 Å². The van der Waals surface area contributed by atoms with Crippen LogP contribution in [0.5, 0.6) is 0 Å². The summed E-state index contributed by atoms with van der Waals surface area (Å²) < 4.78 is 0. The maximum Gasteiger partial charge on any atom is 0.407 e. The largest absolute Gasteiger partial charge is 0.465 e. The van der Waals surface area contributed by atoms with Crippen LogP contribution < -0.4 is 0 Å². The minimum absolute atomic E-state index is 0. The van der Waals surface area contributed by atoms with Crippen LogP contribution in [0.2, 0.25) is 0 Å². The van der Waals surface area contributed by atoms with Crippen molar-refractivity contribution in [1.29, 1.82) is 0 Å². The summed E-state index contributed by atoms with van der Waals surface area (Å²) >= 11 is 0. The van der Waals surface area contributed by atoms with E-state index in [1.165, 1.54) is 11.3 Å². The Kier molecular flexibility index (Phi) is 3.79. The molecule has 1 heterocycles. The summed E-state index contributed by atoms with van der Waals surface area (Å²) in [6, 6.07) is 0. The summed E-state index contributed by atoms with van der Waals surface area (Å²) in [5, 5.41) is 8.46. The van der Waals surface area contributed by atoms with Gasteiger partial charge in [0.25, 0.3) is 0 Å². The summed E-state index contributed by atoms with van der Waals surface area (Å²) in [5.74, 6) is 0. The number of carboxylic acid groups (broad SMARTS) is 1. The lowest BCUT2D eigenvalue weighted by Gasteiger charge is -2.22. The third kappa shape index (κ3) is 2.23. The Morgan fingerprint density at radius 3 is 2.00 bits per heavy atom. The fourth-order valence-corrected chi connectivity index (χ4v) is 1.09. The molecule has 0 unspecified atom stereocenters.